The molecule has 1 saturated heterocycles. The molecular weight excluding hydrogens is 403 g/mol. The van der Waals surface area contributed by atoms with E-state index in [4.69, 9.17) is 10.7 Å². The molecule has 0 radical (unpaired) electrons. The maximum Gasteiger partial charge on any atom is 0.230 e. The molecule has 0 spiro atoms. The minimum absolute atomic E-state index is 0. The van der Waals surface area contributed by atoms with Crippen LogP contribution in [-0.4, -0.2) is 53.4 Å². The minimum atomic E-state index is -0.376. The molecule has 1 aliphatic heterocycles. The van der Waals surface area contributed by atoms with E-state index in [1.807, 2.05) is 4.90 Å². The van der Waals surface area contributed by atoms with Crippen LogP contribution in [-0.2, 0) is 16.8 Å². The van der Waals surface area contributed by atoms with Gasteiger partial charge in [-0.15, -0.1) is 36.2 Å². The molecule has 27 heavy (non-hydrogen) atoms. The predicted molar refractivity (Wildman–Crippen MR) is 119 cm³/mol. The van der Waals surface area contributed by atoms with Crippen LogP contribution < -0.4 is 5.73 Å². The number of aromatic nitrogens is 1. The number of nitrogens with zero attached hydrogens (tertiary/aromatic N) is 3. The molecule has 158 valence electrons. The first-order chi connectivity index (χ1) is 11.8. The Morgan fingerprint density at radius 2 is 1.70 bits per heavy atom. The Kier molecular flexibility index (Phi) is 10.8. The highest BCUT2D eigenvalue weighted by Gasteiger charge is 2.37. The first kappa shape index (κ1) is 26.6. The Morgan fingerprint density at radius 3 is 2.11 bits per heavy atom. The molecule has 2 N–H and O–H groups in total. The zero-order valence-electron chi connectivity index (χ0n) is 17.3. The summed E-state index contributed by atoms with van der Waals surface area (Å²) >= 11 is 1.75. The molecular formula is C19H36Cl2N4OS. The number of hydrogen-bond donors (Lipinski definition) is 1. The summed E-state index contributed by atoms with van der Waals surface area (Å²) in [6.07, 6.45) is 1.63. The predicted octanol–water partition coefficient (Wildman–Crippen LogP) is 3.69. The van der Waals surface area contributed by atoms with Crippen molar-refractivity contribution in [2.24, 2.45) is 11.1 Å². The van der Waals surface area contributed by atoms with Crippen molar-refractivity contribution in [3.63, 3.8) is 0 Å². The number of rotatable bonds is 6. The molecule has 5 nitrogen and oxygen atoms in total. The van der Waals surface area contributed by atoms with Crippen molar-refractivity contribution in [3.05, 3.63) is 16.1 Å². The Balaban J connectivity index is 0.00000338. The smallest absolute Gasteiger partial charge is 0.230 e. The summed E-state index contributed by atoms with van der Waals surface area (Å²) in [5, 5.41) is 3.36. The average Bonchev–Trinajstić information content (AvgIpc) is 3.06. The van der Waals surface area contributed by atoms with Gasteiger partial charge < -0.3 is 10.6 Å². The zero-order valence-corrected chi connectivity index (χ0v) is 19.7. The number of amides is 1. The van der Waals surface area contributed by atoms with Crippen molar-refractivity contribution in [2.75, 3.05) is 32.7 Å². The number of carbonyl (C=O) groups excluding carboxylic acids is 1. The summed E-state index contributed by atoms with van der Waals surface area (Å²) in [7, 11) is 0. The first-order valence-electron chi connectivity index (χ1n) is 9.42. The lowest BCUT2D eigenvalue weighted by Gasteiger charge is -2.40. The highest BCUT2D eigenvalue weighted by Crippen LogP contribution is 2.29. The van der Waals surface area contributed by atoms with Crippen LogP contribution in [0.25, 0.3) is 0 Å². The van der Waals surface area contributed by atoms with Crippen LogP contribution >= 0.6 is 36.2 Å². The molecule has 8 heteroatoms. The third-order valence-corrected chi connectivity index (χ3v) is 6.75. The van der Waals surface area contributed by atoms with Crippen molar-refractivity contribution in [1.82, 2.24) is 14.8 Å². The first-order valence-corrected chi connectivity index (χ1v) is 10.3. The molecule has 0 aromatic carbocycles. The van der Waals surface area contributed by atoms with E-state index in [1.165, 1.54) is 5.01 Å². The van der Waals surface area contributed by atoms with E-state index in [0.717, 1.165) is 51.3 Å². The molecule has 2 rings (SSSR count). The van der Waals surface area contributed by atoms with E-state index < -0.39 is 0 Å². The largest absolute Gasteiger partial charge is 0.340 e. The minimum Gasteiger partial charge on any atom is -0.340 e. The second kappa shape index (κ2) is 11.0. The number of piperazine rings is 1. The fourth-order valence-electron chi connectivity index (χ4n) is 3.33. The van der Waals surface area contributed by atoms with Crippen molar-refractivity contribution >= 4 is 42.1 Å². The summed E-state index contributed by atoms with van der Waals surface area (Å²) in [4.78, 5) is 22.1. The second-order valence-electron chi connectivity index (χ2n) is 8.15. The quantitative estimate of drug-likeness (QED) is 0.734. The number of nitrogens with two attached hydrogens (primary N) is 1. The lowest BCUT2D eigenvalue weighted by atomic mass is 9.81. The van der Waals surface area contributed by atoms with Gasteiger partial charge in [0, 0.05) is 50.1 Å². The molecule has 1 amide bonds. The van der Waals surface area contributed by atoms with Crippen molar-refractivity contribution in [1.29, 1.82) is 0 Å². The van der Waals surface area contributed by atoms with E-state index in [1.54, 1.807) is 11.3 Å². The molecule has 1 aromatic heterocycles. The van der Waals surface area contributed by atoms with Crippen molar-refractivity contribution in [3.8, 4) is 0 Å². The SMILES string of the molecule is CCC(CC)(CN)C(=O)N1CCN(Cc2csc(C(C)(C)C)n2)CC1.Cl.Cl. The maximum absolute atomic E-state index is 12.9. The zero-order chi connectivity index (χ0) is 18.7. The Morgan fingerprint density at radius 1 is 1.15 bits per heavy atom. The lowest BCUT2D eigenvalue weighted by Crippen LogP contribution is -2.54. The van der Waals surface area contributed by atoms with E-state index in [2.05, 4.69) is 44.9 Å². The van der Waals surface area contributed by atoms with Gasteiger partial charge in [0.15, 0.2) is 0 Å². The van der Waals surface area contributed by atoms with Gasteiger partial charge in [-0.05, 0) is 12.8 Å². The number of halogens is 2. The third-order valence-electron chi connectivity index (χ3n) is 5.44. The molecule has 0 saturated carbocycles. The van der Waals surface area contributed by atoms with Gasteiger partial charge in [0.05, 0.1) is 16.1 Å². The van der Waals surface area contributed by atoms with E-state index in [9.17, 15) is 4.79 Å². The number of hydrogen-bond acceptors (Lipinski definition) is 5. The molecule has 2 heterocycles. The van der Waals surface area contributed by atoms with Crippen molar-refractivity contribution < 1.29 is 4.79 Å². The molecule has 0 unspecified atom stereocenters. The van der Waals surface area contributed by atoms with Gasteiger partial charge >= 0.3 is 0 Å². The standard InChI is InChI=1S/C19H34N4OS.2ClH/c1-6-19(7-2,14-20)17(24)23-10-8-22(9-11-23)12-15-13-25-16(21-15)18(3,4)5;;/h13H,6-12,14,20H2,1-5H3;2*1H. The number of thiazole rings is 1. The van der Waals surface area contributed by atoms with Gasteiger partial charge in [0.2, 0.25) is 5.91 Å². The van der Waals surface area contributed by atoms with Gasteiger partial charge in [0.1, 0.15) is 0 Å². The van der Waals surface area contributed by atoms with E-state index >= 15 is 0 Å². The van der Waals surface area contributed by atoms with Crippen LogP contribution in [0.3, 0.4) is 0 Å². The summed E-state index contributed by atoms with van der Waals surface area (Å²) in [6, 6.07) is 0. The molecule has 0 bridgehead atoms. The fraction of sp³-hybridized carbons (Fsp3) is 0.789. The van der Waals surface area contributed by atoms with Crippen LogP contribution in [0.1, 0.15) is 58.2 Å². The van der Waals surface area contributed by atoms with Gasteiger partial charge in [-0.3, -0.25) is 9.69 Å². The molecule has 1 aliphatic rings. The maximum atomic E-state index is 12.9. The van der Waals surface area contributed by atoms with Gasteiger partial charge in [0.25, 0.3) is 0 Å². The Hall–Kier alpha value is -0.400. The van der Waals surface area contributed by atoms with Crippen LogP contribution in [0.2, 0.25) is 0 Å². The number of carbonyl (C=O) groups is 1. The topological polar surface area (TPSA) is 62.5 Å². The van der Waals surface area contributed by atoms with Crippen LogP contribution in [0, 0.1) is 5.41 Å². The van der Waals surface area contributed by atoms with E-state index in [-0.39, 0.29) is 41.6 Å². The van der Waals surface area contributed by atoms with Gasteiger partial charge in [-0.1, -0.05) is 34.6 Å². The summed E-state index contributed by atoms with van der Waals surface area (Å²) in [5.41, 5.74) is 6.82. The van der Waals surface area contributed by atoms with Crippen LogP contribution in [0.15, 0.2) is 5.38 Å². The normalized spacial score (nSPS) is 15.9. The van der Waals surface area contributed by atoms with Crippen molar-refractivity contribution in [2.45, 2.75) is 59.4 Å². The Bertz CT molecular complexity index is 568. The third kappa shape index (κ3) is 6.29. The summed E-state index contributed by atoms with van der Waals surface area (Å²) in [6.45, 7) is 15.4. The van der Waals surface area contributed by atoms with Gasteiger partial charge in [-0.25, -0.2) is 4.98 Å². The summed E-state index contributed by atoms with van der Waals surface area (Å²) < 4.78 is 0. The molecule has 1 aromatic rings. The second-order valence-corrected chi connectivity index (χ2v) is 9.01. The average molecular weight is 439 g/mol. The van der Waals surface area contributed by atoms with Crippen LogP contribution in [0.4, 0.5) is 0 Å². The molecule has 0 aliphatic carbocycles. The fourth-order valence-corrected chi connectivity index (χ4v) is 4.22. The Labute approximate surface area is 180 Å². The lowest BCUT2D eigenvalue weighted by molar-refractivity contribution is -0.144. The highest BCUT2D eigenvalue weighted by atomic mass is 35.5. The summed E-state index contributed by atoms with van der Waals surface area (Å²) in [5.74, 6) is 0.239. The molecule has 1 fully saturated rings. The van der Waals surface area contributed by atoms with Gasteiger partial charge in [-0.2, -0.15) is 0 Å². The highest BCUT2D eigenvalue weighted by molar-refractivity contribution is 7.09. The van der Waals surface area contributed by atoms with E-state index in [0.29, 0.717) is 6.54 Å². The van der Waals surface area contributed by atoms with Crippen LogP contribution in [0.5, 0.6) is 0 Å². The monoisotopic (exact) mass is 438 g/mol. The molecule has 0 atom stereocenters.